The minimum atomic E-state index is -2.57. The highest BCUT2D eigenvalue weighted by atomic mass is 19.3. The molecule has 0 spiro atoms. The van der Waals surface area contributed by atoms with E-state index < -0.39 is 37.1 Å². The molecule has 0 aliphatic carbocycles. The van der Waals surface area contributed by atoms with Crippen LogP contribution >= 0.6 is 0 Å². The van der Waals surface area contributed by atoms with Crippen LogP contribution in [-0.2, 0) is 34.5 Å². The van der Waals surface area contributed by atoms with Gasteiger partial charge in [0.05, 0.1) is 60.4 Å². The zero-order chi connectivity index (χ0) is 47.6. The molecule has 0 aromatic heterocycles. The molecule has 8 rings (SSSR count). The standard InChI is InChI=1S/C24H28BF2NO4.C17H25BO3.C8H6F2O2/c1-15-19(25-31-23(2,3)24(4,5)32-25)7-6-8-20(15)28(18-13-30-14-18)22(29)17-11-9-16(10-12-17)21(26)27;1-12-14(9-13-10-19-11-13)7-6-8-15(12)18-20-16(2,3)17(4,5)21-18;9-7(10)5-1-3-6(4-2-5)8(11)12/h6-12,18,21H,13-14H2,1-5H3;6-8,13H,9-11H2,1-5H3;1-4,7H,(H,11,12). The lowest BCUT2D eigenvalue weighted by atomic mass is 9.74. The molecule has 0 bridgehead atoms. The number of rotatable bonds is 10. The van der Waals surface area contributed by atoms with E-state index in [0.717, 1.165) is 66.1 Å². The van der Waals surface area contributed by atoms with Crippen LogP contribution in [0.2, 0.25) is 0 Å². The maximum atomic E-state index is 13.5. The lowest BCUT2D eigenvalue weighted by molar-refractivity contribution is -0.0312. The summed E-state index contributed by atoms with van der Waals surface area (Å²) in [5.41, 5.74) is 4.83. The first-order chi connectivity index (χ1) is 30.4. The van der Waals surface area contributed by atoms with Crippen molar-refractivity contribution >= 4 is 42.7 Å². The highest BCUT2D eigenvalue weighted by Crippen LogP contribution is 2.39. The van der Waals surface area contributed by atoms with Gasteiger partial charge < -0.3 is 38.1 Å². The number of carbonyl (C=O) groups excluding carboxylic acids is 1. The third-order valence-electron chi connectivity index (χ3n) is 13.3. The van der Waals surface area contributed by atoms with Crippen molar-refractivity contribution in [3.05, 3.63) is 124 Å². The maximum absolute atomic E-state index is 13.5. The number of nitrogens with zero attached hydrogens (tertiary/aromatic N) is 1. The summed E-state index contributed by atoms with van der Waals surface area (Å²) in [7, 11) is -0.826. The smallest absolute Gasteiger partial charge is 0.478 e. The second kappa shape index (κ2) is 19.7. The number of halogens is 4. The summed E-state index contributed by atoms with van der Waals surface area (Å²) in [4.78, 5) is 25.5. The quantitative estimate of drug-likeness (QED) is 0.123. The molecule has 4 aromatic rings. The number of ether oxygens (including phenoxy) is 2. The van der Waals surface area contributed by atoms with E-state index in [2.05, 4.69) is 52.8 Å². The molecule has 16 heteroatoms. The third-order valence-corrected chi connectivity index (χ3v) is 13.3. The number of amides is 1. The first-order valence-electron chi connectivity index (χ1n) is 21.8. The molecule has 4 saturated heterocycles. The summed E-state index contributed by atoms with van der Waals surface area (Å²) in [6.07, 6.45) is -4.04. The fourth-order valence-electron chi connectivity index (χ4n) is 7.52. The minimum Gasteiger partial charge on any atom is -0.478 e. The Hall–Kier alpha value is -4.57. The van der Waals surface area contributed by atoms with Crippen LogP contribution in [0.1, 0.15) is 117 Å². The van der Waals surface area contributed by atoms with Crippen LogP contribution < -0.4 is 15.8 Å². The Labute approximate surface area is 380 Å². The number of hydrogen-bond donors (Lipinski definition) is 1. The molecule has 4 aromatic carbocycles. The third kappa shape index (κ3) is 11.0. The molecule has 0 radical (unpaired) electrons. The molecule has 1 amide bonds. The molecular weight excluding hydrogens is 844 g/mol. The Morgan fingerprint density at radius 3 is 1.42 bits per heavy atom. The number of carbonyl (C=O) groups is 2. The van der Waals surface area contributed by atoms with Crippen molar-refractivity contribution in [1.82, 2.24) is 0 Å². The summed E-state index contributed by atoms with van der Waals surface area (Å²) in [6.45, 7) is 23.1. The topological polar surface area (TPSA) is 113 Å². The summed E-state index contributed by atoms with van der Waals surface area (Å²) < 4.78 is 85.2. The molecule has 1 N–H and O–H groups in total. The van der Waals surface area contributed by atoms with Crippen molar-refractivity contribution in [3.8, 4) is 0 Å². The highest BCUT2D eigenvalue weighted by Gasteiger charge is 2.53. The summed E-state index contributed by atoms with van der Waals surface area (Å²) in [6, 6.07) is 22.0. The molecule has 4 heterocycles. The van der Waals surface area contributed by atoms with Gasteiger partial charge >= 0.3 is 20.2 Å². The van der Waals surface area contributed by atoms with E-state index in [1.54, 1.807) is 4.90 Å². The number of hydrogen-bond acceptors (Lipinski definition) is 8. The van der Waals surface area contributed by atoms with Crippen LogP contribution in [0, 0.1) is 19.8 Å². The second-order valence-electron chi connectivity index (χ2n) is 18.9. The number of carboxylic acid groups (broad SMARTS) is 1. The number of aromatic carboxylic acids is 1. The Morgan fingerprint density at radius 2 is 1.03 bits per heavy atom. The van der Waals surface area contributed by atoms with Gasteiger partial charge in [0.25, 0.3) is 18.8 Å². The van der Waals surface area contributed by atoms with Crippen LogP contribution in [0.4, 0.5) is 23.2 Å². The minimum absolute atomic E-state index is 0.0133. The van der Waals surface area contributed by atoms with Gasteiger partial charge in [-0.1, -0.05) is 54.6 Å². The molecular formula is C49H59B2F4NO9. The number of anilines is 1. The van der Waals surface area contributed by atoms with Crippen molar-refractivity contribution in [2.45, 2.75) is 117 Å². The SMILES string of the molecule is Cc1c(B2OC(C)(C)C(C)(C)O2)cccc1N(C(=O)c1ccc(C(F)F)cc1)C1COC1.Cc1c(CC2COC2)cccc1B1OC(C)(C)C(C)(C)O1.O=C(O)c1ccc(C(F)F)cc1. The Morgan fingerprint density at radius 1 is 0.615 bits per heavy atom. The lowest BCUT2D eigenvalue weighted by Gasteiger charge is -2.38. The average molecular weight is 904 g/mol. The van der Waals surface area contributed by atoms with E-state index in [4.69, 9.17) is 33.2 Å². The molecule has 4 aliphatic heterocycles. The van der Waals surface area contributed by atoms with Gasteiger partial charge in [0.1, 0.15) is 0 Å². The zero-order valence-electron chi connectivity index (χ0n) is 38.8. The Kier molecular flexibility index (Phi) is 15.1. The predicted molar refractivity (Wildman–Crippen MR) is 243 cm³/mol. The van der Waals surface area contributed by atoms with Crippen molar-refractivity contribution < 1.29 is 60.3 Å². The maximum Gasteiger partial charge on any atom is 0.495 e. The van der Waals surface area contributed by atoms with Gasteiger partial charge in [0, 0.05) is 28.3 Å². The fourth-order valence-corrected chi connectivity index (χ4v) is 7.52. The molecule has 65 heavy (non-hydrogen) atoms. The molecule has 4 aliphatic rings. The Balaban J connectivity index is 0.000000181. The first kappa shape index (κ1) is 49.9. The van der Waals surface area contributed by atoms with Crippen LogP contribution in [-0.4, -0.2) is 86.1 Å². The van der Waals surface area contributed by atoms with E-state index in [0.29, 0.717) is 24.7 Å². The van der Waals surface area contributed by atoms with Crippen molar-refractivity contribution in [2.75, 3.05) is 31.3 Å². The monoisotopic (exact) mass is 903 g/mol. The largest absolute Gasteiger partial charge is 0.495 e. The molecule has 348 valence electrons. The van der Waals surface area contributed by atoms with Crippen LogP contribution in [0.5, 0.6) is 0 Å². The van der Waals surface area contributed by atoms with E-state index in [9.17, 15) is 27.2 Å². The van der Waals surface area contributed by atoms with Gasteiger partial charge in [-0.3, -0.25) is 4.79 Å². The summed E-state index contributed by atoms with van der Waals surface area (Å²) >= 11 is 0. The van der Waals surface area contributed by atoms with Gasteiger partial charge in [-0.15, -0.1) is 0 Å². The molecule has 0 saturated carbocycles. The van der Waals surface area contributed by atoms with Gasteiger partial charge in [-0.05, 0) is 134 Å². The molecule has 10 nitrogen and oxygen atoms in total. The Bertz CT molecular complexity index is 2270. The number of carboxylic acids is 1. The van der Waals surface area contributed by atoms with E-state index in [-0.39, 0.29) is 47.0 Å². The summed E-state index contributed by atoms with van der Waals surface area (Å²) in [5.74, 6) is -0.707. The summed E-state index contributed by atoms with van der Waals surface area (Å²) in [5, 5.41) is 8.43. The first-order valence-corrected chi connectivity index (χ1v) is 21.8. The predicted octanol–water partition coefficient (Wildman–Crippen LogP) is 9.08. The van der Waals surface area contributed by atoms with Crippen LogP contribution in [0.25, 0.3) is 0 Å². The molecule has 4 fully saturated rings. The van der Waals surface area contributed by atoms with Gasteiger partial charge in [-0.2, -0.15) is 0 Å². The van der Waals surface area contributed by atoms with E-state index in [1.165, 1.54) is 35.4 Å². The molecule has 0 unspecified atom stereocenters. The lowest BCUT2D eigenvalue weighted by Crippen LogP contribution is -2.53. The second-order valence-corrected chi connectivity index (χ2v) is 18.9. The van der Waals surface area contributed by atoms with Crippen molar-refractivity contribution in [3.63, 3.8) is 0 Å². The van der Waals surface area contributed by atoms with Crippen LogP contribution in [0.3, 0.4) is 0 Å². The van der Waals surface area contributed by atoms with Gasteiger partial charge in [0.15, 0.2) is 0 Å². The van der Waals surface area contributed by atoms with Gasteiger partial charge in [-0.25, -0.2) is 22.4 Å². The highest BCUT2D eigenvalue weighted by molar-refractivity contribution is 6.63. The van der Waals surface area contributed by atoms with E-state index in [1.807, 2.05) is 52.8 Å². The van der Waals surface area contributed by atoms with Crippen LogP contribution in [0.15, 0.2) is 84.9 Å². The normalized spacial score (nSPS) is 19.4. The fraction of sp³-hybridized carbons (Fsp3) is 0.469. The van der Waals surface area contributed by atoms with Gasteiger partial charge in [0.2, 0.25) is 0 Å². The number of alkyl halides is 4. The van der Waals surface area contributed by atoms with Crippen molar-refractivity contribution in [1.29, 1.82) is 0 Å². The zero-order valence-corrected chi connectivity index (χ0v) is 38.8. The molecule has 0 atom stereocenters. The average Bonchev–Trinajstić information content (AvgIpc) is 3.57. The van der Waals surface area contributed by atoms with E-state index >= 15 is 0 Å². The van der Waals surface area contributed by atoms with Crippen molar-refractivity contribution in [2.24, 2.45) is 5.92 Å². The number of benzene rings is 4.